The Kier molecular flexibility index (Phi) is 6.81. The Balaban J connectivity index is 1.75. The van der Waals surface area contributed by atoms with Crippen LogP contribution in [0, 0.1) is 0 Å². The van der Waals surface area contributed by atoms with Crippen molar-refractivity contribution in [3.63, 3.8) is 0 Å². The normalized spacial score (nSPS) is 11.6. The first-order chi connectivity index (χ1) is 14.3. The molecule has 2 heterocycles. The Morgan fingerprint density at radius 1 is 1.23 bits per heavy atom. The second-order valence-corrected chi connectivity index (χ2v) is 9.01. The van der Waals surface area contributed by atoms with Crippen molar-refractivity contribution < 1.29 is 4.79 Å². The third-order valence-electron chi connectivity index (χ3n) is 4.54. The molecule has 9 heteroatoms. The van der Waals surface area contributed by atoms with E-state index in [1.54, 1.807) is 9.25 Å². The summed E-state index contributed by atoms with van der Waals surface area (Å²) in [5.74, 6) is 0.568. The lowest BCUT2D eigenvalue weighted by Crippen LogP contribution is -2.19. The van der Waals surface area contributed by atoms with Gasteiger partial charge in [0, 0.05) is 18.0 Å². The number of thioether (sulfide) groups is 1. The lowest BCUT2D eigenvalue weighted by atomic mass is 9.92. The highest BCUT2D eigenvalue weighted by Gasteiger charge is 2.21. The number of aromatic nitrogens is 5. The van der Waals surface area contributed by atoms with Gasteiger partial charge in [-0.1, -0.05) is 64.1 Å². The molecule has 3 rings (SSSR count). The third-order valence-corrected chi connectivity index (χ3v) is 5.51. The van der Waals surface area contributed by atoms with E-state index >= 15 is 0 Å². The summed E-state index contributed by atoms with van der Waals surface area (Å²) in [6, 6.07) is 11.6. The van der Waals surface area contributed by atoms with Crippen molar-refractivity contribution in [2.24, 2.45) is 0 Å². The van der Waals surface area contributed by atoms with Crippen LogP contribution in [-0.4, -0.2) is 36.2 Å². The number of rotatable bonds is 8. The molecular weight excluding hydrogens is 400 g/mol. The highest BCUT2D eigenvalue weighted by molar-refractivity contribution is 7.99. The van der Waals surface area contributed by atoms with Crippen LogP contribution in [0.3, 0.4) is 0 Å². The van der Waals surface area contributed by atoms with Crippen molar-refractivity contribution >= 4 is 23.5 Å². The number of para-hydroxylation sites is 1. The molecule has 3 aromatic rings. The summed E-state index contributed by atoms with van der Waals surface area (Å²) in [5, 5.41) is 14.7. The molecule has 0 aliphatic heterocycles. The number of nitrogens with zero attached hydrogens (tertiary/aromatic N) is 4. The zero-order chi connectivity index (χ0) is 21.7. The molecule has 0 saturated carbocycles. The Labute approximate surface area is 180 Å². The van der Waals surface area contributed by atoms with Gasteiger partial charge in [-0.3, -0.25) is 9.36 Å². The molecule has 0 aliphatic carbocycles. The van der Waals surface area contributed by atoms with Crippen LogP contribution in [-0.2, 0) is 16.8 Å². The van der Waals surface area contributed by atoms with E-state index in [2.05, 4.69) is 43.2 Å². The SMILES string of the molecule is CCCCn1c(SCC(=O)Nc2cc(C(C)(C)C)nn2-c2ccccc2)n[nH]c1=O. The van der Waals surface area contributed by atoms with Crippen LogP contribution in [0.1, 0.15) is 46.2 Å². The lowest BCUT2D eigenvalue weighted by Gasteiger charge is -2.14. The van der Waals surface area contributed by atoms with Crippen LogP contribution < -0.4 is 11.0 Å². The standard InChI is InChI=1S/C21H28N6O2S/c1-5-6-12-26-19(29)23-24-20(26)30-14-18(28)22-17-13-16(21(2,3)4)25-27(17)15-10-8-7-9-11-15/h7-11,13H,5-6,12,14H2,1-4H3,(H,22,28)(H,23,29). The summed E-state index contributed by atoms with van der Waals surface area (Å²) >= 11 is 1.24. The molecule has 0 radical (unpaired) electrons. The second kappa shape index (κ2) is 9.34. The van der Waals surface area contributed by atoms with Crippen LogP contribution in [0.4, 0.5) is 5.82 Å². The van der Waals surface area contributed by atoms with Gasteiger partial charge in [-0.25, -0.2) is 14.6 Å². The van der Waals surface area contributed by atoms with Crippen LogP contribution in [0.2, 0.25) is 0 Å². The molecule has 2 N–H and O–H groups in total. The number of carbonyl (C=O) groups excluding carboxylic acids is 1. The minimum atomic E-state index is -0.247. The molecule has 8 nitrogen and oxygen atoms in total. The van der Waals surface area contributed by atoms with Gasteiger partial charge in [-0.05, 0) is 18.6 Å². The number of aromatic amines is 1. The number of hydrogen-bond acceptors (Lipinski definition) is 5. The van der Waals surface area contributed by atoms with E-state index in [1.807, 2.05) is 36.4 Å². The highest BCUT2D eigenvalue weighted by Crippen LogP contribution is 2.26. The number of hydrogen-bond donors (Lipinski definition) is 2. The number of H-pyrrole nitrogens is 1. The summed E-state index contributed by atoms with van der Waals surface area (Å²) in [6.07, 6.45) is 1.85. The Morgan fingerprint density at radius 2 is 1.97 bits per heavy atom. The molecule has 1 aromatic carbocycles. The summed E-state index contributed by atoms with van der Waals surface area (Å²) in [4.78, 5) is 24.6. The maximum Gasteiger partial charge on any atom is 0.343 e. The first kappa shape index (κ1) is 21.9. The fourth-order valence-corrected chi connectivity index (χ4v) is 3.61. The van der Waals surface area contributed by atoms with Gasteiger partial charge in [-0.2, -0.15) is 5.10 Å². The minimum absolute atomic E-state index is 0.140. The first-order valence-electron chi connectivity index (χ1n) is 10.0. The van der Waals surface area contributed by atoms with Crippen molar-refractivity contribution in [1.82, 2.24) is 24.5 Å². The van der Waals surface area contributed by atoms with Gasteiger partial charge in [-0.15, -0.1) is 5.10 Å². The van der Waals surface area contributed by atoms with E-state index in [0.717, 1.165) is 24.2 Å². The van der Waals surface area contributed by atoms with Crippen LogP contribution >= 0.6 is 11.8 Å². The van der Waals surface area contributed by atoms with Gasteiger partial charge in [0.15, 0.2) is 5.16 Å². The quantitative estimate of drug-likeness (QED) is 0.535. The van der Waals surface area contributed by atoms with Crippen molar-refractivity contribution in [2.45, 2.75) is 57.7 Å². The number of nitrogens with one attached hydrogen (secondary N) is 2. The average molecular weight is 429 g/mol. The number of benzene rings is 1. The predicted molar refractivity (Wildman–Crippen MR) is 119 cm³/mol. The molecule has 0 spiro atoms. The molecule has 0 unspecified atom stereocenters. The molecule has 0 bridgehead atoms. The Morgan fingerprint density at radius 3 is 2.63 bits per heavy atom. The van der Waals surface area contributed by atoms with Gasteiger partial charge < -0.3 is 5.32 Å². The van der Waals surface area contributed by atoms with Crippen LogP contribution in [0.15, 0.2) is 46.3 Å². The van der Waals surface area contributed by atoms with E-state index in [4.69, 9.17) is 5.10 Å². The third kappa shape index (κ3) is 5.21. The fourth-order valence-electron chi connectivity index (χ4n) is 2.84. The van der Waals surface area contributed by atoms with Gasteiger partial charge in [0.2, 0.25) is 5.91 Å². The monoisotopic (exact) mass is 428 g/mol. The van der Waals surface area contributed by atoms with E-state index in [0.29, 0.717) is 17.5 Å². The highest BCUT2D eigenvalue weighted by atomic mass is 32.2. The topological polar surface area (TPSA) is 97.6 Å². The van der Waals surface area contributed by atoms with Crippen LogP contribution in [0.5, 0.6) is 0 Å². The molecule has 0 aliphatic rings. The number of anilines is 1. The molecular formula is C21H28N6O2S. The Hall–Kier alpha value is -2.81. The van der Waals surface area contributed by atoms with E-state index in [9.17, 15) is 9.59 Å². The molecule has 0 fully saturated rings. The molecule has 0 saturated heterocycles. The minimum Gasteiger partial charge on any atom is -0.310 e. The lowest BCUT2D eigenvalue weighted by molar-refractivity contribution is -0.113. The van der Waals surface area contributed by atoms with Crippen LogP contribution in [0.25, 0.3) is 5.69 Å². The van der Waals surface area contributed by atoms with Gasteiger partial charge in [0.05, 0.1) is 17.1 Å². The van der Waals surface area contributed by atoms with Gasteiger partial charge >= 0.3 is 5.69 Å². The van der Waals surface area contributed by atoms with Crippen molar-refractivity contribution in [3.8, 4) is 5.69 Å². The maximum atomic E-state index is 12.7. The number of amides is 1. The van der Waals surface area contributed by atoms with Gasteiger partial charge in [0.25, 0.3) is 0 Å². The average Bonchev–Trinajstić information content (AvgIpc) is 3.29. The van der Waals surface area contributed by atoms with Crippen molar-refractivity contribution in [2.75, 3.05) is 11.1 Å². The molecule has 0 atom stereocenters. The summed E-state index contributed by atoms with van der Waals surface area (Å²) < 4.78 is 3.32. The molecule has 2 aromatic heterocycles. The number of carbonyl (C=O) groups is 1. The molecule has 30 heavy (non-hydrogen) atoms. The van der Waals surface area contributed by atoms with E-state index in [-0.39, 0.29) is 22.8 Å². The fraction of sp³-hybridized carbons (Fsp3) is 0.429. The molecule has 1 amide bonds. The van der Waals surface area contributed by atoms with Crippen molar-refractivity contribution in [1.29, 1.82) is 0 Å². The first-order valence-corrected chi connectivity index (χ1v) is 11.0. The summed E-state index contributed by atoms with van der Waals surface area (Å²) in [5.41, 5.74) is 1.36. The zero-order valence-corrected chi connectivity index (χ0v) is 18.6. The summed E-state index contributed by atoms with van der Waals surface area (Å²) in [6.45, 7) is 8.90. The predicted octanol–water partition coefficient (Wildman–Crippen LogP) is 3.59. The maximum absolute atomic E-state index is 12.7. The van der Waals surface area contributed by atoms with Crippen molar-refractivity contribution in [3.05, 3.63) is 52.6 Å². The van der Waals surface area contributed by atoms with E-state index in [1.165, 1.54) is 11.8 Å². The molecule has 160 valence electrons. The Bertz CT molecular complexity index is 1050. The number of unbranched alkanes of at least 4 members (excludes halogenated alkanes) is 1. The largest absolute Gasteiger partial charge is 0.343 e. The second-order valence-electron chi connectivity index (χ2n) is 8.07. The smallest absolute Gasteiger partial charge is 0.310 e. The van der Waals surface area contributed by atoms with E-state index < -0.39 is 0 Å². The zero-order valence-electron chi connectivity index (χ0n) is 17.8. The van der Waals surface area contributed by atoms with Gasteiger partial charge in [0.1, 0.15) is 5.82 Å². The summed E-state index contributed by atoms with van der Waals surface area (Å²) in [7, 11) is 0.